The number of hydrogen-bond donors (Lipinski definition) is 1. The van der Waals surface area contributed by atoms with Gasteiger partial charge in [-0.2, -0.15) is 4.31 Å². The fourth-order valence-electron chi connectivity index (χ4n) is 4.92. The first-order valence-electron chi connectivity index (χ1n) is 11.8. The van der Waals surface area contributed by atoms with Gasteiger partial charge in [0.25, 0.3) is 0 Å². The third-order valence-corrected chi connectivity index (χ3v) is 8.90. The van der Waals surface area contributed by atoms with Crippen molar-refractivity contribution < 1.29 is 22.4 Å². The highest BCUT2D eigenvalue weighted by Gasteiger charge is 2.40. The van der Waals surface area contributed by atoms with Crippen LogP contribution in [0.3, 0.4) is 0 Å². The van der Waals surface area contributed by atoms with Gasteiger partial charge in [0, 0.05) is 42.3 Å². The lowest BCUT2D eigenvalue weighted by Crippen LogP contribution is -2.41. The molecule has 7 nitrogen and oxygen atoms in total. The Labute approximate surface area is 199 Å². The summed E-state index contributed by atoms with van der Waals surface area (Å²) < 4.78 is 41.1. The molecule has 34 heavy (non-hydrogen) atoms. The molecular weight excluding hydrogens is 457 g/mol. The lowest BCUT2D eigenvalue weighted by atomic mass is 9.97. The molecule has 1 saturated heterocycles. The van der Waals surface area contributed by atoms with Crippen LogP contribution in [0, 0.1) is 17.7 Å². The van der Waals surface area contributed by atoms with Gasteiger partial charge in [0.05, 0.1) is 4.90 Å². The number of fused-ring (bicyclic) bond motifs is 1. The third-order valence-electron chi connectivity index (χ3n) is 7.00. The van der Waals surface area contributed by atoms with Crippen molar-refractivity contribution in [3.63, 3.8) is 0 Å². The molecule has 0 spiro atoms. The second kappa shape index (κ2) is 8.78. The van der Waals surface area contributed by atoms with Gasteiger partial charge in [-0.25, -0.2) is 12.8 Å². The van der Waals surface area contributed by atoms with Gasteiger partial charge in [-0.3, -0.25) is 9.59 Å². The molecule has 2 aromatic rings. The number of hydrogen-bond acceptors (Lipinski definition) is 4. The van der Waals surface area contributed by atoms with E-state index in [2.05, 4.69) is 5.32 Å². The van der Waals surface area contributed by atoms with Crippen LogP contribution in [0.5, 0.6) is 0 Å². The summed E-state index contributed by atoms with van der Waals surface area (Å²) in [4.78, 5) is 27.3. The van der Waals surface area contributed by atoms with Gasteiger partial charge in [-0.05, 0) is 87.1 Å². The highest BCUT2D eigenvalue weighted by Crippen LogP contribution is 2.40. The summed E-state index contributed by atoms with van der Waals surface area (Å²) in [5.74, 6) is -0.615. The standard InChI is InChI=1S/C25H28FN3O4S/c1-16-14-19-15-22(8-9-23(19)29(16)25(31)18-2-3-18)34(32,33)28-12-10-17(11-13-28)24(30)27-21-6-4-20(26)5-7-21/h4-9,15-18H,2-3,10-14H2,1H3,(H,27,30)/t16-/m1/s1. The molecule has 0 bridgehead atoms. The molecule has 1 aliphatic carbocycles. The van der Waals surface area contributed by atoms with Gasteiger partial charge < -0.3 is 10.2 Å². The van der Waals surface area contributed by atoms with Crippen molar-refractivity contribution in [1.29, 1.82) is 0 Å². The summed E-state index contributed by atoms with van der Waals surface area (Å²) >= 11 is 0. The number of nitrogens with zero attached hydrogens (tertiary/aromatic N) is 2. The normalized spacial score (nSPS) is 21.4. The molecule has 0 aromatic heterocycles. The molecule has 2 amide bonds. The van der Waals surface area contributed by atoms with E-state index in [1.165, 1.54) is 28.6 Å². The van der Waals surface area contributed by atoms with Crippen LogP contribution in [0.1, 0.15) is 38.2 Å². The van der Waals surface area contributed by atoms with E-state index in [0.29, 0.717) is 24.9 Å². The largest absolute Gasteiger partial charge is 0.326 e. The van der Waals surface area contributed by atoms with Crippen molar-refractivity contribution in [3.8, 4) is 0 Å². The number of rotatable bonds is 5. The van der Waals surface area contributed by atoms with Crippen LogP contribution in [0.15, 0.2) is 47.4 Å². The number of nitrogens with one attached hydrogen (secondary N) is 1. The average Bonchev–Trinajstić information content (AvgIpc) is 3.62. The van der Waals surface area contributed by atoms with E-state index in [1.54, 1.807) is 18.2 Å². The molecule has 5 rings (SSSR count). The topological polar surface area (TPSA) is 86.8 Å². The Bertz CT molecular complexity index is 1220. The zero-order valence-electron chi connectivity index (χ0n) is 19.0. The molecule has 0 radical (unpaired) electrons. The smallest absolute Gasteiger partial charge is 0.243 e. The molecule has 2 aromatic carbocycles. The minimum absolute atomic E-state index is 0.0245. The molecule has 180 valence electrons. The van der Waals surface area contributed by atoms with E-state index in [-0.39, 0.29) is 53.5 Å². The van der Waals surface area contributed by atoms with E-state index in [0.717, 1.165) is 24.1 Å². The summed E-state index contributed by atoms with van der Waals surface area (Å²) in [6.45, 7) is 2.50. The molecule has 0 unspecified atom stereocenters. The number of benzene rings is 2. The molecule has 9 heteroatoms. The maximum Gasteiger partial charge on any atom is 0.243 e. The number of carbonyl (C=O) groups excluding carboxylic acids is 2. The third kappa shape index (κ3) is 4.34. The molecular formula is C25H28FN3O4S. The molecule has 2 aliphatic heterocycles. The van der Waals surface area contributed by atoms with Crippen molar-refractivity contribution in [3.05, 3.63) is 53.8 Å². The van der Waals surface area contributed by atoms with Crippen LogP contribution in [0.4, 0.5) is 15.8 Å². The first-order valence-corrected chi connectivity index (χ1v) is 13.2. The van der Waals surface area contributed by atoms with Crippen LogP contribution in [0.2, 0.25) is 0 Å². The van der Waals surface area contributed by atoms with E-state index in [1.807, 2.05) is 11.8 Å². The number of sulfonamides is 1. The van der Waals surface area contributed by atoms with Crippen molar-refractivity contribution in [2.24, 2.45) is 11.8 Å². The quantitative estimate of drug-likeness (QED) is 0.702. The maximum absolute atomic E-state index is 13.3. The maximum atomic E-state index is 13.3. The molecule has 3 aliphatic rings. The van der Waals surface area contributed by atoms with Crippen LogP contribution in [-0.2, 0) is 26.0 Å². The summed E-state index contributed by atoms with van der Waals surface area (Å²) in [7, 11) is -3.70. The number of anilines is 2. The van der Waals surface area contributed by atoms with Gasteiger partial charge in [-0.15, -0.1) is 0 Å². The molecule has 1 N–H and O–H groups in total. The highest BCUT2D eigenvalue weighted by atomic mass is 32.2. The summed E-state index contributed by atoms with van der Waals surface area (Å²) in [5.41, 5.74) is 2.22. The second-order valence-electron chi connectivity index (χ2n) is 9.50. The summed E-state index contributed by atoms with van der Waals surface area (Å²) in [6.07, 6.45) is 3.34. The first kappa shape index (κ1) is 23.0. The Balaban J connectivity index is 1.24. The van der Waals surface area contributed by atoms with Gasteiger partial charge in [0.1, 0.15) is 5.82 Å². The lowest BCUT2D eigenvalue weighted by Gasteiger charge is -2.30. The van der Waals surface area contributed by atoms with Crippen molar-refractivity contribution in [2.75, 3.05) is 23.3 Å². The molecule has 1 atom stereocenters. The predicted octanol–water partition coefficient (Wildman–Crippen LogP) is 3.55. The minimum Gasteiger partial charge on any atom is -0.326 e. The summed E-state index contributed by atoms with van der Waals surface area (Å²) in [6, 6.07) is 10.6. The zero-order chi connectivity index (χ0) is 24.0. The first-order chi connectivity index (χ1) is 16.2. The lowest BCUT2D eigenvalue weighted by molar-refractivity contribution is -0.121. The van der Waals surface area contributed by atoms with Crippen molar-refractivity contribution >= 4 is 33.2 Å². The summed E-state index contributed by atoms with van der Waals surface area (Å²) in [5, 5.41) is 2.78. The van der Waals surface area contributed by atoms with E-state index >= 15 is 0 Å². The van der Waals surface area contributed by atoms with Crippen LogP contribution in [0.25, 0.3) is 0 Å². The SMILES string of the molecule is C[C@@H]1Cc2cc(S(=O)(=O)N3CCC(C(=O)Nc4ccc(F)cc4)CC3)ccc2N1C(=O)C1CC1. The minimum atomic E-state index is -3.70. The second-order valence-corrected chi connectivity index (χ2v) is 11.4. The Morgan fingerprint density at radius 3 is 2.29 bits per heavy atom. The average molecular weight is 486 g/mol. The van der Waals surface area contributed by atoms with Crippen molar-refractivity contribution in [2.45, 2.75) is 50.0 Å². The Morgan fingerprint density at radius 1 is 0.971 bits per heavy atom. The monoisotopic (exact) mass is 485 g/mol. The van der Waals surface area contributed by atoms with E-state index in [4.69, 9.17) is 0 Å². The fraction of sp³-hybridized carbons (Fsp3) is 0.440. The Hall–Kier alpha value is -2.78. The predicted molar refractivity (Wildman–Crippen MR) is 126 cm³/mol. The molecule has 2 fully saturated rings. The number of carbonyl (C=O) groups is 2. The number of amides is 2. The van der Waals surface area contributed by atoms with Crippen LogP contribution in [-0.4, -0.2) is 43.7 Å². The Kier molecular flexibility index (Phi) is 5.93. The van der Waals surface area contributed by atoms with Crippen LogP contribution >= 0.6 is 0 Å². The number of halogens is 1. The van der Waals surface area contributed by atoms with Gasteiger partial charge >= 0.3 is 0 Å². The van der Waals surface area contributed by atoms with E-state index < -0.39 is 10.0 Å². The van der Waals surface area contributed by atoms with Crippen molar-refractivity contribution in [1.82, 2.24) is 4.31 Å². The zero-order valence-corrected chi connectivity index (χ0v) is 19.9. The van der Waals surface area contributed by atoms with E-state index in [9.17, 15) is 22.4 Å². The number of piperidine rings is 1. The molecule has 1 saturated carbocycles. The van der Waals surface area contributed by atoms with Gasteiger partial charge in [0.2, 0.25) is 21.8 Å². The highest BCUT2D eigenvalue weighted by molar-refractivity contribution is 7.89. The fourth-order valence-corrected chi connectivity index (χ4v) is 6.44. The Morgan fingerprint density at radius 2 is 1.65 bits per heavy atom. The van der Waals surface area contributed by atoms with Crippen LogP contribution < -0.4 is 10.2 Å². The van der Waals surface area contributed by atoms with Gasteiger partial charge in [-0.1, -0.05) is 0 Å². The van der Waals surface area contributed by atoms with Gasteiger partial charge in [0.15, 0.2) is 0 Å². The molecule has 2 heterocycles.